The molecular formula is C24H38O3. The van der Waals surface area contributed by atoms with Gasteiger partial charge in [-0.05, 0) is 55.4 Å². The van der Waals surface area contributed by atoms with Crippen molar-refractivity contribution >= 4 is 5.97 Å². The minimum atomic E-state index is -0.240. The first-order valence-corrected chi connectivity index (χ1v) is 11.1. The third kappa shape index (κ3) is 8.36. The van der Waals surface area contributed by atoms with E-state index in [1.54, 1.807) is 12.1 Å². The molecular weight excluding hydrogens is 336 g/mol. The summed E-state index contributed by atoms with van der Waals surface area (Å²) in [6.07, 6.45) is 14.0. The van der Waals surface area contributed by atoms with E-state index in [2.05, 4.69) is 13.8 Å². The molecule has 0 radical (unpaired) electrons. The third-order valence-electron chi connectivity index (χ3n) is 5.76. The number of hydrogen-bond donors (Lipinski definition) is 0. The molecule has 1 aliphatic carbocycles. The van der Waals surface area contributed by atoms with Crippen LogP contribution in [0.4, 0.5) is 0 Å². The van der Waals surface area contributed by atoms with Crippen LogP contribution in [0.3, 0.4) is 0 Å². The van der Waals surface area contributed by atoms with Crippen molar-refractivity contribution in [2.75, 3.05) is 13.2 Å². The Morgan fingerprint density at radius 3 is 2.15 bits per heavy atom. The lowest BCUT2D eigenvalue weighted by atomic mass is 9.78. The van der Waals surface area contributed by atoms with Gasteiger partial charge in [-0.2, -0.15) is 0 Å². The maximum absolute atomic E-state index is 12.0. The molecule has 1 aromatic rings. The average Bonchev–Trinajstić information content (AvgIpc) is 2.70. The molecule has 0 aliphatic heterocycles. The van der Waals surface area contributed by atoms with E-state index in [0.717, 1.165) is 49.9 Å². The molecule has 0 spiro atoms. The highest BCUT2D eigenvalue weighted by molar-refractivity contribution is 5.89. The SMILES string of the molecule is CCCCCOC(=O)c1ccc(OCCCC2CCC(CCC)CC2)cc1. The van der Waals surface area contributed by atoms with Gasteiger partial charge in [-0.1, -0.05) is 65.2 Å². The summed E-state index contributed by atoms with van der Waals surface area (Å²) >= 11 is 0. The fraction of sp³-hybridized carbons (Fsp3) is 0.708. The molecule has 0 atom stereocenters. The zero-order valence-electron chi connectivity index (χ0n) is 17.4. The lowest BCUT2D eigenvalue weighted by Gasteiger charge is -2.28. The topological polar surface area (TPSA) is 35.5 Å². The van der Waals surface area contributed by atoms with Crippen molar-refractivity contribution in [3.63, 3.8) is 0 Å². The summed E-state index contributed by atoms with van der Waals surface area (Å²) in [6, 6.07) is 7.34. The molecule has 27 heavy (non-hydrogen) atoms. The molecule has 3 nitrogen and oxygen atoms in total. The van der Waals surface area contributed by atoms with Crippen molar-refractivity contribution in [3.8, 4) is 5.75 Å². The van der Waals surface area contributed by atoms with E-state index < -0.39 is 0 Å². The van der Waals surface area contributed by atoms with Gasteiger partial charge in [-0.25, -0.2) is 4.79 Å². The van der Waals surface area contributed by atoms with Crippen LogP contribution in [0.1, 0.15) is 94.8 Å². The third-order valence-corrected chi connectivity index (χ3v) is 5.76. The van der Waals surface area contributed by atoms with Crippen molar-refractivity contribution in [2.24, 2.45) is 11.8 Å². The first-order valence-electron chi connectivity index (χ1n) is 11.1. The van der Waals surface area contributed by atoms with Gasteiger partial charge >= 0.3 is 5.97 Å². The molecule has 3 heteroatoms. The van der Waals surface area contributed by atoms with E-state index in [-0.39, 0.29) is 5.97 Å². The molecule has 0 N–H and O–H groups in total. The number of esters is 1. The van der Waals surface area contributed by atoms with Gasteiger partial charge < -0.3 is 9.47 Å². The smallest absolute Gasteiger partial charge is 0.338 e. The van der Waals surface area contributed by atoms with Crippen LogP contribution < -0.4 is 4.74 Å². The molecule has 2 rings (SSSR count). The predicted molar refractivity (Wildman–Crippen MR) is 111 cm³/mol. The van der Waals surface area contributed by atoms with Crippen LogP contribution in [0.2, 0.25) is 0 Å². The summed E-state index contributed by atoms with van der Waals surface area (Å²) in [6.45, 7) is 5.70. The molecule has 0 amide bonds. The normalized spacial score (nSPS) is 19.6. The van der Waals surface area contributed by atoms with Crippen molar-refractivity contribution in [3.05, 3.63) is 29.8 Å². The van der Waals surface area contributed by atoms with Crippen LogP contribution >= 0.6 is 0 Å². The monoisotopic (exact) mass is 374 g/mol. The minimum absolute atomic E-state index is 0.240. The lowest BCUT2D eigenvalue weighted by molar-refractivity contribution is 0.0498. The van der Waals surface area contributed by atoms with Crippen molar-refractivity contribution < 1.29 is 14.3 Å². The van der Waals surface area contributed by atoms with Gasteiger partial charge in [-0.3, -0.25) is 0 Å². The van der Waals surface area contributed by atoms with Gasteiger partial charge in [0.05, 0.1) is 18.8 Å². The molecule has 1 aromatic carbocycles. The summed E-state index contributed by atoms with van der Waals surface area (Å²) < 4.78 is 11.1. The Balaban J connectivity index is 1.59. The lowest BCUT2D eigenvalue weighted by Crippen LogP contribution is -2.15. The summed E-state index contributed by atoms with van der Waals surface area (Å²) in [5.74, 6) is 2.48. The minimum Gasteiger partial charge on any atom is -0.494 e. The fourth-order valence-electron chi connectivity index (χ4n) is 4.07. The summed E-state index contributed by atoms with van der Waals surface area (Å²) in [4.78, 5) is 12.0. The van der Waals surface area contributed by atoms with Crippen LogP contribution in [0, 0.1) is 11.8 Å². The molecule has 0 saturated heterocycles. The van der Waals surface area contributed by atoms with Gasteiger partial charge in [0.2, 0.25) is 0 Å². The van der Waals surface area contributed by atoms with Crippen LogP contribution in [0.15, 0.2) is 24.3 Å². The Hall–Kier alpha value is -1.51. The van der Waals surface area contributed by atoms with Gasteiger partial charge in [0.25, 0.3) is 0 Å². The number of hydrogen-bond acceptors (Lipinski definition) is 3. The molecule has 1 saturated carbocycles. The molecule has 152 valence electrons. The summed E-state index contributed by atoms with van der Waals surface area (Å²) in [5, 5.41) is 0. The fourth-order valence-corrected chi connectivity index (χ4v) is 4.07. The molecule has 0 heterocycles. The van der Waals surface area contributed by atoms with Crippen molar-refractivity contribution in [2.45, 2.75) is 84.5 Å². The highest BCUT2D eigenvalue weighted by atomic mass is 16.5. The molecule has 0 unspecified atom stereocenters. The van der Waals surface area contributed by atoms with Crippen molar-refractivity contribution in [1.29, 1.82) is 0 Å². The van der Waals surface area contributed by atoms with Crippen LogP contribution in [-0.4, -0.2) is 19.2 Å². The Morgan fingerprint density at radius 2 is 1.52 bits per heavy atom. The van der Waals surface area contributed by atoms with Crippen molar-refractivity contribution in [1.82, 2.24) is 0 Å². The Labute approximate surface area is 165 Å². The molecule has 1 aliphatic rings. The first kappa shape index (κ1) is 21.8. The number of carbonyl (C=O) groups is 1. The van der Waals surface area contributed by atoms with E-state index in [4.69, 9.17) is 9.47 Å². The van der Waals surface area contributed by atoms with Crippen LogP contribution in [0.5, 0.6) is 5.75 Å². The van der Waals surface area contributed by atoms with Gasteiger partial charge in [0.15, 0.2) is 0 Å². The van der Waals surface area contributed by atoms with E-state index >= 15 is 0 Å². The molecule has 0 bridgehead atoms. The number of ether oxygens (including phenoxy) is 2. The van der Waals surface area contributed by atoms with Crippen LogP contribution in [0.25, 0.3) is 0 Å². The number of unbranched alkanes of at least 4 members (excludes halogenated alkanes) is 2. The zero-order valence-corrected chi connectivity index (χ0v) is 17.4. The van der Waals surface area contributed by atoms with Crippen LogP contribution in [-0.2, 0) is 4.74 Å². The second-order valence-corrected chi connectivity index (χ2v) is 8.03. The predicted octanol–water partition coefficient (Wildman–Crippen LogP) is 6.80. The second-order valence-electron chi connectivity index (χ2n) is 8.03. The maximum atomic E-state index is 12.0. The van der Waals surface area contributed by atoms with Gasteiger partial charge in [0.1, 0.15) is 5.75 Å². The van der Waals surface area contributed by atoms with Gasteiger partial charge in [-0.15, -0.1) is 0 Å². The number of carbonyl (C=O) groups excluding carboxylic acids is 1. The average molecular weight is 375 g/mol. The number of rotatable bonds is 12. The zero-order chi connectivity index (χ0) is 19.3. The second kappa shape index (κ2) is 12.8. The quantitative estimate of drug-likeness (QED) is 0.298. The largest absolute Gasteiger partial charge is 0.494 e. The standard InChI is InChI=1S/C24H38O3/c1-3-5-6-18-27-24(25)22-14-16-23(17-15-22)26-19-7-9-21-12-10-20(8-4-2)11-13-21/h14-17,20-21H,3-13,18-19H2,1-2H3. The van der Waals surface area contributed by atoms with E-state index in [1.165, 1.54) is 44.9 Å². The van der Waals surface area contributed by atoms with E-state index in [0.29, 0.717) is 12.2 Å². The summed E-state index contributed by atoms with van der Waals surface area (Å²) in [5.41, 5.74) is 0.600. The highest BCUT2D eigenvalue weighted by Crippen LogP contribution is 2.33. The Bertz CT molecular complexity index is 515. The first-order chi connectivity index (χ1) is 13.2. The highest BCUT2D eigenvalue weighted by Gasteiger charge is 2.20. The van der Waals surface area contributed by atoms with E-state index in [1.807, 2.05) is 12.1 Å². The molecule has 1 fully saturated rings. The molecule has 0 aromatic heterocycles. The maximum Gasteiger partial charge on any atom is 0.338 e. The number of benzene rings is 1. The Kier molecular flexibility index (Phi) is 10.3. The van der Waals surface area contributed by atoms with Gasteiger partial charge in [0, 0.05) is 0 Å². The Morgan fingerprint density at radius 1 is 0.852 bits per heavy atom. The van der Waals surface area contributed by atoms with E-state index in [9.17, 15) is 4.79 Å². The summed E-state index contributed by atoms with van der Waals surface area (Å²) in [7, 11) is 0.